The van der Waals surface area contributed by atoms with Gasteiger partial charge in [0.2, 0.25) is 5.95 Å². The molecular weight excluding hydrogens is 403 g/mol. The fourth-order valence-corrected chi connectivity index (χ4v) is 3.83. The van der Waals surface area contributed by atoms with Crippen LogP contribution in [-0.4, -0.2) is 52.5 Å². The van der Waals surface area contributed by atoms with Crippen LogP contribution in [0.1, 0.15) is 19.8 Å². The normalized spacial score (nSPS) is 14.8. The van der Waals surface area contributed by atoms with Gasteiger partial charge in [-0.25, -0.2) is 9.37 Å². The van der Waals surface area contributed by atoms with Gasteiger partial charge in [-0.05, 0) is 31.9 Å². The summed E-state index contributed by atoms with van der Waals surface area (Å²) in [6.45, 7) is 3.34. The van der Waals surface area contributed by atoms with Gasteiger partial charge in [0.15, 0.2) is 5.65 Å². The quantitative estimate of drug-likeness (QED) is 0.618. The number of hydrogen-bond acceptors (Lipinski definition) is 8. The molecule has 0 atom stereocenters. The third-order valence-corrected chi connectivity index (χ3v) is 5.56. The van der Waals surface area contributed by atoms with E-state index in [9.17, 15) is 9.18 Å². The van der Waals surface area contributed by atoms with Gasteiger partial charge in [-0.2, -0.15) is 10.1 Å². The summed E-state index contributed by atoms with van der Waals surface area (Å²) in [6.07, 6.45) is 1.27. The number of aryl methyl sites for hydroxylation is 1. The Morgan fingerprint density at radius 1 is 1.29 bits per heavy atom. The number of esters is 1. The number of ether oxygens (including phenoxy) is 2. The smallest absolute Gasteiger partial charge is 0.309 e. The summed E-state index contributed by atoms with van der Waals surface area (Å²) >= 11 is 0. The molecule has 1 saturated heterocycles. The SMILES string of the molecule is CCOC(=O)C1CCN(c2nc(-c3ccc(OC)cc3F)c3c(N)n(C)nc3n2)CC1. The number of methoxy groups -OCH3 is 1. The molecule has 1 aliphatic heterocycles. The number of fused-ring (bicyclic) bond motifs is 1. The molecule has 0 saturated carbocycles. The molecule has 2 aromatic heterocycles. The number of benzene rings is 1. The lowest BCUT2D eigenvalue weighted by molar-refractivity contribution is -0.148. The van der Waals surface area contributed by atoms with E-state index in [2.05, 4.69) is 15.1 Å². The average Bonchev–Trinajstić information content (AvgIpc) is 3.07. The number of nitrogen functional groups attached to an aromatic ring is 1. The van der Waals surface area contributed by atoms with Crippen molar-refractivity contribution in [2.24, 2.45) is 13.0 Å². The van der Waals surface area contributed by atoms with E-state index in [4.69, 9.17) is 15.2 Å². The second kappa shape index (κ2) is 8.37. The third kappa shape index (κ3) is 3.85. The van der Waals surface area contributed by atoms with Crippen LogP contribution >= 0.6 is 0 Å². The maximum atomic E-state index is 14.9. The maximum Gasteiger partial charge on any atom is 0.309 e. The number of rotatable bonds is 5. The van der Waals surface area contributed by atoms with E-state index in [0.29, 0.717) is 66.8 Å². The van der Waals surface area contributed by atoms with Crippen LogP contribution in [0.2, 0.25) is 0 Å². The highest BCUT2D eigenvalue weighted by molar-refractivity contribution is 5.99. The molecule has 1 fully saturated rings. The summed E-state index contributed by atoms with van der Waals surface area (Å²) in [5.41, 5.74) is 7.25. The first-order chi connectivity index (χ1) is 14.9. The molecule has 0 bridgehead atoms. The lowest BCUT2D eigenvalue weighted by atomic mass is 9.97. The van der Waals surface area contributed by atoms with Crippen LogP contribution in [-0.2, 0) is 16.6 Å². The Morgan fingerprint density at radius 2 is 2.03 bits per heavy atom. The molecule has 0 aliphatic carbocycles. The van der Waals surface area contributed by atoms with Crippen molar-refractivity contribution >= 4 is 28.8 Å². The molecule has 3 heterocycles. The van der Waals surface area contributed by atoms with Crippen molar-refractivity contribution in [3.8, 4) is 17.0 Å². The molecule has 10 heteroatoms. The minimum Gasteiger partial charge on any atom is -0.497 e. The van der Waals surface area contributed by atoms with Crippen LogP contribution in [0.15, 0.2) is 18.2 Å². The van der Waals surface area contributed by atoms with Crippen LogP contribution in [0.4, 0.5) is 16.2 Å². The van der Waals surface area contributed by atoms with E-state index in [0.717, 1.165) is 0 Å². The van der Waals surface area contributed by atoms with Gasteiger partial charge in [-0.15, -0.1) is 0 Å². The molecule has 3 aromatic rings. The Bertz CT molecular complexity index is 1120. The average molecular weight is 428 g/mol. The molecule has 0 spiro atoms. The van der Waals surface area contributed by atoms with E-state index in [-0.39, 0.29) is 17.5 Å². The number of halogens is 1. The number of hydrogen-bond donors (Lipinski definition) is 1. The van der Waals surface area contributed by atoms with Crippen molar-refractivity contribution in [2.45, 2.75) is 19.8 Å². The van der Waals surface area contributed by atoms with Gasteiger partial charge >= 0.3 is 5.97 Å². The van der Waals surface area contributed by atoms with Gasteiger partial charge < -0.3 is 20.1 Å². The Morgan fingerprint density at radius 3 is 2.68 bits per heavy atom. The van der Waals surface area contributed by atoms with Crippen molar-refractivity contribution < 1.29 is 18.7 Å². The Labute approximate surface area is 179 Å². The van der Waals surface area contributed by atoms with Crippen molar-refractivity contribution in [1.29, 1.82) is 0 Å². The highest BCUT2D eigenvalue weighted by atomic mass is 19.1. The number of carbonyl (C=O) groups is 1. The zero-order valence-corrected chi connectivity index (χ0v) is 17.8. The van der Waals surface area contributed by atoms with Gasteiger partial charge in [0, 0.05) is 31.8 Å². The van der Waals surface area contributed by atoms with Crippen LogP contribution in [0, 0.1) is 11.7 Å². The number of anilines is 2. The lowest BCUT2D eigenvalue weighted by Gasteiger charge is -2.31. The van der Waals surface area contributed by atoms with Crippen LogP contribution in [0.25, 0.3) is 22.3 Å². The van der Waals surface area contributed by atoms with Crippen molar-refractivity contribution in [2.75, 3.05) is 37.4 Å². The largest absolute Gasteiger partial charge is 0.497 e. The number of nitrogens with zero attached hydrogens (tertiary/aromatic N) is 5. The molecule has 0 radical (unpaired) electrons. The predicted molar refractivity (Wildman–Crippen MR) is 114 cm³/mol. The summed E-state index contributed by atoms with van der Waals surface area (Å²) < 4.78 is 26.6. The minimum absolute atomic E-state index is 0.135. The second-order valence-corrected chi connectivity index (χ2v) is 7.44. The van der Waals surface area contributed by atoms with Gasteiger partial charge in [-0.3, -0.25) is 9.48 Å². The van der Waals surface area contributed by atoms with Gasteiger partial charge in [0.05, 0.1) is 30.7 Å². The van der Waals surface area contributed by atoms with Crippen molar-refractivity contribution in [3.63, 3.8) is 0 Å². The summed E-state index contributed by atoms with van der Waals surface area (Å²) in [7, 11) is 3.18. The highest BCUT2D eigenvalue weighted by Crippen LogP contribution is 2.35. The molecule has 4 rings (SSSR count). The fourth-order valence-electron chi connectivity index (χ4n) is 3.83. The number of carbonyl (C=O) groups excluding carboxylic acids is 1. The second-order valence-electron chi connectivity index (χ2n) is 7.44. The summed E-state index contributed by atoms with van der Waals surface area (Å²) in [5.74, 6) is 0.411. The molecule has 164 valence electrons. The summed E-state index contributed by atoms with van der Waals surface area (Å²) in [6, 6.07) is 4.59. The third-order valence-electron chi connectivity index (χ3n) is 5.56. The number of nitrogens with two attached hydrogens (primary N) is 1. The Kier molecular flexibility index (Phi) is 5.62. The Hall–Kier alpha value is -3.43. The van der Waals surface area contributed by atoms with E-state index in [1.807, 2.05) is 4.90 Å². The molecule has 2 N–H and O–H groups in total. The zero-order valence-electron chi connectivity index (χ0n) is 17.8. The molecule has 1 aromatic carbocycles. The van der Waals surface area contributed by atoms with Crippen LogP contribution in [0.3, 0.4) is 0 Å². The Balaban J connectivity index is 1.73. The van der Waals surface area contributed by atoms with E-state index < -0.39 is 5.82 Å². The highest BCUT2D eigenvalue weighted by Gasteiger charge is 2.28. The van der Waals surface area contributed by atoms with E-state index in [1.54, 1.807) is 26.1 Å². The fraction of sp³-hybridized carbons (Fsp3) is 0.429. The van der Waals surface area contributed by atoms with Crippen LogP contribution in [0.5, 0.6) is 5.75 Å². The lowest BCUT2D eigenvalue weighted by Crippen LogP contribution is -2.38. The first-order valence-electron chi connectivity index (χ1n) is 10.2. The number of aromatic nitrogens is 4. The minimum atomic E-state index is -0.477. The molecular formula is C21H25FN6O3. The topological polar surface area (TPSA) is 108 Å². The van der Waals surface area contributed by atoms with Gasteiger partial charge in [0.1, 0.15) is 17.4 Å². The first kappa shape index (κ1) is 20.8. The molecule has 9 nitrogen and oxygen atoms in total. The van der Waals surface area contributed by atoms with Crippen LogP contribution < -0.4 is 15.4 Å². The number of piperidine rings is 1. The van der Waals surface area contributed by atoms with E-state index in [1.165, 1.54) is 17.9 Å². The standard InChI is InChI=1S/C21H25FN6O3/c1-4-31-20(29)12-7-9-28(10-8-12)21-24-17(14-6-5-13(30-3)11-15(14)22)16-18(23)27(2)26-19(16)25-21/h5-6,11-12H,4,7-10,23H2,1-3H3. The maximum absolute atomic E-state index is 14.9. The van der Waals surface area contributed by atoms with Crippen molar-refractivity contribution in [3.05, 3.63) is 24.0 Å². The molecule has 31 heavy (non-hydrogen) atoms. The molecule has 0 amide bonds. The zero-order chi connectivity index (χ0) is 22.1. The summed E-state index contributed by atoms with van der Waals surface area (Å²) in [5, 5.41) is 4.87. The molecule has 0 unspecified atom stereocenters. The monoisotopic (exact) mass is 428 g/mol. The van der Waals surface area contributed by atoms with Gasteiger partial charge in [-0.1, -0.05) is 0 Å². The van der Waals surface area contributed by atoms with Crippen molar-refractivity contribution in [1.82, 2.24) is 19.7 Å². The summed E-state index contributed by atoms with van der Waals surface area (Å²) in [4.78, 5) is 23.3. The first-order valence-corrected chi connectivity index (χ1v) is 10.2. The molecule has 1 aliphatic rings. The van der Waals surface area contributed by atoms with Gasteiger partial charge in [0.25, 0.3) is 0 Å². The predicted octanol–water partition coefficient (Wildman–Crippen LogP) is 2.54. The van der Waals surface area contributed by atoms with E-state index >= 15 is 0 Å².